The number of nitrogens with zero attached hydrogens (tertiary/aromatic N) is 1. The standard InChI is InChI=1S/C19H24N2O4/c1-25-16(22)14-7-6-8-15(13-14)20-17(23)19(9-10-19)18(24)21-11-4-2-3-5-12-21/h6-8,13H,2-5,9-12H2,1H3,(H,20,23). The molecule has 1 saturated heterocycles. The van der Waals surface area contributed by atoms with Gasteiger partial charge in [0.25, 0.3) is 0 Å². The summed E-state index contributed by atoms with van der Waals surface area (Å²) in [5.74, 6) is -0.780. The highest BCUT2D eigenvalue weighted by Crippen LogP contribution is 2.48. The number of amides is 2. The molecular weight excluding hydrogens is 320 g/mol. The van der Waals surface area contributed by atoms with Gasteiger partial charge in [0.2, 0.25) is 11.8 Å². The van der Waals surface area contributed by atoms with Gasteiger partial charge in [0.05, 0.1) is 12.7 Å². The first kappa shape index (κ1) is 17.5. The maximum atomic E-state index is 12.9. The van der Waals surface area contributed by atoms with Gasteiger partial charge in [-0.1, -0.05) is 18.9 Å². The molecule has 1 aromatic rings. The van der Waals surface area contributed by atoms with Gasteiger partial charge in [0.1, 0.15) is 5.41 Å². The second-order valence-electron chi connectivity index (χ2n) is 6.82. The van der Waals surface area contributed by atoms with Crippen molar-refractivity contribution in [1.29, 1.82) is 0 Å². The molecule has 0 aromatic heterocycles. The van der Waals surface area contributed by atoms with Crippen molar-refractivity contribution in [3.8, 4) is 0 Å². The molecule has 0 unspecified atom stereocenters. The fraction of sp³-hybridized carbons (Fsp3) is 0.526. The second-order valence-corrected chi connectivity index (χ2v) is 6.82. The van der Waals surface area contributed by atoms with E-state index in [0.29, 0.717) is 24.1 Å². The summed E-state index contributed by atoms with van der Waals surface area (Å²) in [5, 5.41) is 2.81. The number of rotatable bonds is 4. The molecule has 25 heavy (non-hydrogen) atoms. The summed E-state index contributed by atoms with van der Waals surface area (Å²) in [6.45, 7) is 1.48. The number of likely N-dealkylation sites (tertiary alicyclic amines) is 1. The highest BCUT2D eigenvalue weighted by Gasteiger charge is 2.57. The van der Waals surface area contributed by atoms with E-state index in [9.17, 15) is 14.4 Å². The van der Waals surface area contributed by atoms with Crippen LogP contribution in [-0.2, 0) is 14.3 Å². The molecule has 3 rings (SSSR count). The lowest BCUT2D eigenvalue weighted by molar-refractivity contribution is -0.142. The van der Waals surface area contributed by atoms with Gasteiger partial charge in [-0.25, -0.2) is 4.79 Å². The summed E-state index contributed by atoms with van der Waals surface area (Å²) >= 11 is 0. The van der Waals surface area contributed by atoms with Crippen molar-refractivity contribution in [3.63, 3.8) is 0 Å². The predicted molar refractivity (Wildman–Crippen MR) is 93.1 cm³/mol. The Morgan fingerprint density at radius 2 is 1.76 bits per heavy atom. The minimum absolute atomic E-state index is 0.0453. The maximum absolute atomic E-state index is 12.9. The van der Waals surface area contributed by atoms with Crippen LogP contribution in [0.25, 0.3) is 0 Å². The summed E-state index contributed by atoms with van der Waals surface area (Å²) in [5.41, 5.74) is -0.0576. The van der Waals surface area contributed by atoms with Gasteiger partial charge in [0, 0.05) is 18.8 Å². The van der Waals surface area contributed by atoms with E-state index in [4.69, 9.17) is 4.74 Å². The fourth-order valence-electron chi connectivity index (χ4n) is 3.33. The number of ether oxygens (including phenoxy) is 1. The van der Waals surface area contributed by atoms with Crippen LogP contribution < -0.4 is 5.32 Å². The first-order chi connectivity index (χ1) is 12.1. The Morgan fingerprint density at radius 3 is 2.36 bits per heavy atom. The smallest absolute Gasteiger partial charge is 0.337 e. The molecule has 1 aliphatic heterocycles. The molecular formula is C19H24N2O4. The first-order valence-corrected chi connectivity index (χ1v) is 8.86. The lowest BCUT2D eigenvalue weighted by atomic mass is 10.0. The molecule has 6 heteroatoms. The molecule has 1 N–H and O–H groups in total. The molecule has 1 aromatic carbocycles. The number of methoxy groups -OCH3 is 1. The zero-order chi connectivity index (χ0) is 17.9. The molecule has 2 amide bonds. The lowest BCUT2D eigenvalue weighted by Gasteiger charge is -2.25. The zero-order valence-corrected chi connectivity index (χ0v) is 14.5. The first-order valence-electron chi connectivity index (χ1n) is 8.86. The fourth-order valence-corrected chi connectivity index (χ4v) is 3.33. The van der Waals surface area contributed by atoms with Crippen molar-refractivity contribution < 1.29 is 19.1 Å². The molecule has 2 fully saturated rings. The third-order valence-corrected chi connectivity index (χ3v) is 5.03. The maximum Gasteiger partial charge on any atom is 0.337 e. The SMILES string of the molecule is COC(=O)c1cccc(NC(=O)C2(C(=O)N3CCCCCC3)CC2)c1. The van der Waals surface area contributed by atoms with Gasteiger partial charge in [-0.2, -0.15) is 0 Å². The molecule has 0 atom stereocenters. The highest BCUT2D eigenvalue weighted by atomic mass is 16.5. The van der Waals surface area contributed by atoms with Crippen LogP contribution in [0.5, 0.6) is 0 Å². The van der Waals surface area contributed by atoms with Gasteiger partial charge in [0.15, 0.2) is 0 Å². The minimum atomic E-state index is -0.925. The van der Waals surface area contributed by atoms with E-state index in [1.165, 1.54) is 7.11 Å². The molecule has 134 valence electrons. The number of hydrogen-bond donors (Lipinski definition) is 1. The largest absolute Gasteiger partial charge is 0.465 e. The number of benzene rings is 1. The van der Waals surface area contributed by atoms with Crippen molar-refractivity contribution in [3.05, 3.63) is 29.8 Å². The number of hydrogen-bond acceptors (Lipinski definition) is 4. The lowest BCUT2D eigenvalue weighted by Crippen LogP contribution is -2.43. The van der Waals surface area contributed by atoms with Crippen molar-refractivity contribution in [1.82, 2.24) is 4.90 Å². The Hall–Kier alpha value is -2.37. The predicted octanol–water partition coefficient (Wildman–Crippen LogP) is 2.59. The third kappa shape index (κ3) is 3.67. The van der Waals surface area contributed by atoms with Crippen molar-refractivity contribution in [2.75, 3.05) is 25.5 Å². The number of carbonyl (C=O) groups is 3. The van der Waals surface area contributed by atoms with E-state index in [2.05, 4.69) is 5.32 Å². The van der Waals surface area contributed by atoms with E-state index in [-0.39, 0.29) is 11.8 Å². The summed E-state index contributed by atoms with van der Waals surface area (Å²) in [6.07, 6.45) is 5.47. The molecule has 0 bridgehead atoms. The van der Waals surface area contributed by atoms with E-state index in [1.807, 2.05) is 4.90 Å². The van der Waals surface area contributed by atoms with Gasteiger partial charge < -0.3 is 15.0 Å². The summed E-state index contributed by atoms with van der Waals surface area (Å²) in [6, 6.07) is 6.57. The summed E-state index contributed by atoms with van der Waals surface area (Å²) in [4.78, 5) is 39.1. The molecule has 0 spiro atoms. The Morgan fingerprint density at radius 1 is 1.08 bits per heavy atom. The Kier molecular flexibility index (Phi) is 5.06. The van der Waals surface area contributed by atoms with Crippen LogP contribution in [-0.4, -0.2) is 42.9 Å². The Labute approximate surface area is 147 Å². The molecule has 1 saturated carbocycles. The topological polar surface area (TPSA) is 75.7 Å². The third-order valence-electron chi connectivity index (χ3n) is 5.03. The number of anilines is 1. The number of nitrogens with one attached hydrogen (secondary N) is 1. The second kappa shape index (κ2) is 7.25. The molecule has 1 aliphatic carbocycles. The van der Waals surface area contributed by atoms with Crippen LogP contribution in [0.15, 0.2) is 24.3 Å². The quantitative estimate of drug-likeness (QED) is 0.673. The Balaban J connectivity index is 1.70. The number of esters is 1. The molecule has 1 heterocycles. The monoisotopic (exact) mass is 344 g/mol. The number of carbonyl (C=O) groups excluding carboxylic acids is 3. The van der Waals surface area contributed by atoms with Crippen LogP contribution in [0.2, 0.25) is 0 Å². The normalized spacial score (nSPS) is 18.8. The van der Waals surface area contributed by atoms with Gasteiger partial charge in [-0.15, -0.1) is 0 Å². The van der Waals surface area contributed by atoms with Gasteiger partial charge in [-0.05, 0) is 43.9 Å². The van der Waals surface area contributed by atoms with Crippen molar-refractivity contribution in [2.45, 2.75) is 38.5 Å². The van der Waals surface area contributed by atoms with Gasteiger partial charge >= 0.3 is 5.97 Å². The molecule has 0 radical (unpaired) electrons. The van der Waals surface area contributed by atoms with Crippen LogP contribution in [0.4, 0.5) is 5.69 Å². The summed E-state index contributed by atoms with van der Waals surface area (Å²) in [7, 11) is 1.31. The van der Waals surface area contributed by atoms with Crippen molar-refractivity contribution in [2.24, 2.45) is 5.41 Å². The summed E-state index contributed by atoms with van der Waals surface area (Å²) < 4.78 is 4.69. The zero-order valence-electron chi connectivity index (χ0n) is 14.5. The van der Waals surface area contributed by atoms with E-state index >= 15 is 0 Å². The van der Waals surface area contributed by atoms with Gasteiger partial charge in [-0.3, -0.25) is 9.59 Å². The van der Waals surface area contributed by atoms with E-state index in [0.717, 1.165) is 38.8 Å². The molecule has 2 aliphatic rings. The van der Waals surface area contributed by atoms with Crippen LogP contribution in [0.1, 0.15) is 48.9 Å². The van der Waals surface area contributed by atoms with E-state index in [1.54, 1.807) is 24.3 Å². The Bertz CT molecular complexity index is 674. The average Bonchev–Trinajstić information content (AvgIpc) is 3.45. The van der Waals surface area contributed by atoms with Crippen LogP contribution >= 0.6 is 0 Å². The van der Waals surface area contributed by atoms with Crippen LogP contribution in [0.3, 0.4) is 0 Å². The highest BCUT2D eigenvalue weighted by molar-refractivity contribution is 6.13. The minimum Gasteiger partial charge on any atom is -0.465 e. The van der Waals surface area contributed by atoms with Crippen LogP contribution in [0, 0.1) is 5.41 Å². The van der Waals surface area contributed by atoms with Crippen molar-refractivity contribution >= 4 is 23.5 Å². The molecule has 6 nitrogen and oxygen atoms in total. The van der Waals surface area contributed by atoms with E-state index < -0.39 is 11.4 Å². The average molecular weight is 344 g/mol.